The standard InChI is InChI=1S/C10H8ClNO4/c1-6(10(13)14)5-7-8(11)3-2-4-9(7)12(15)16/h2-5H,1H3,(H,13,14)/b6-5+. The Bertz CT molecular complexity index is 482. The summed E-state index contributed by atoms with van der Waals surface area (Å²) in [6.45, 7) is 1.34. The summed E-state index contributed by atoms with van der Waals surface area (Å²) in [7, 11) is 0. The number of nitro benzene ring substituents is 1. The zero-order valence-corrected chi connectivity index (χ0v) is 9.06. The van der Waals surface area contributed by atoms with Gasteiger partial charge in [-0.05, 0) is 19.1 Å². The largest absolute Gasteiger partial charge is 0.478 e. The fourth-order valence-electron chi connectivity index (χ4n) is 1.11. The van der Waals surface area contributed by atoms with Crippen LogP contribution in [-0.2, 0) is 4.79 Å². The Morgan fingerprint density at radius 3 is 2.69 bits per heavy atom. The van der Waals surface area contributed by atoms with Crippen LogP contribution >= 0.6 is 11.6 Å². The van der Waals surface area contributed by atoms with Crippen LogP contribution in [0.1, 0.15) is 12.5 Å². The number of hydrogen-bond donors (Lipinski definition) is 1. The number of nitro groups is 1. The molecule has 0 bridgehead atoms. The smallest absolute Gasteiger partial charge is 0.331 e. The minimum atomic E-state index is -1.14. The molecule has 0 spiro atoms. The number of carbonyl (C=O) groups is 1. The first-order chi connectivity index (χ1) is 7.43. The Balaban J connectivity index is 3.37. The third-order valence-electron chi connectivity index (χ3n) is 1.92. The van der Waals surface area contributed by atoms with Gasteiger partial charge in [-0.3, -0.25) is 10.1 Å². The lowest BCUT2D eigenvalue weighted by Crippen LogP contribution is -1.97. The number of carboxylic acid groups (broad SMARTS) is 1. The molecule has 0 atom stereocenters. The van der Waals surface area contributed by atoms with Crippen LogP contribution in [0, 0.1) is 10.1 Å². The lowest BCUT2D eigenvalue weighted by atomic mass is 10.1. The number of benzene rings is 1. The van der Waals surface area contributed by atoms with Crippen molar-refractivity contribution in [2.75, 3.05) is 0 Å². The molecule has 0 aromatic heterocycles. The van der Waals surface area contributed by atoms with Crippen LogP contribution in [0.3, 0.4) is 0 Å². The van der Waals surface area contributed by atoms with E-state index in [1.165, 1.54) is 31.2 Å². The van der Waals surface area contributed by atoms with Gasteiger partial charge in [0.1, 0.15) is 0 Å². The van der Waals surface area contributed by atoms with Gasteiger partial charge in [-0.25, -0.2) is 4.79 Å². The highest BCUT2D eigenvalue weighted by atomic mass is 35.5. The second-order valence-electron chi connectivity index (χ2n) is 3.06. The third-order valence-corrected chi connectivity index (χ3v) is 2.25. The Kier molecular flexibility index (Phi) is 3.63. The quantitative estimate of drug-likeness (QED) is 0.501. The number of carboxylic acids is 1. The van der Waals surface area contributed by atoms with Gasteiger partial charge in [-0.1, -0.05) is 17.7 Å². The summed E-state index contributed by atoms with van der Waals surface area (Å²) in [5, 5.41) is 19.5. The molecule has 84 valence electrons. The molecule has 0 aliphatic rings. The molecule has 1 N–H and O–H groups in total. The minimum Gasteiger partial charge on any atom is -0.478 e. The molecule has 0 saturated heterocycles. The van der Waals surface area contributed by atoms with Crippen molar-refractivity contribution in [3.63, 3.8) is 0 Å². The first kappa shape index (κ1) is 12.2. The summed E-state index contributed by atoms with van der Waals surface area (Å²) in [5.41, 5.74) is -0.127. The molecule has 0 saturated carbocycles. The van der Waals surface area contributed by atoms with E-state index in [1.807, 2.05) is 0 Å². The van der Waals surface area contributed by atoms with Gasteiger partial charge in [-0.2, -0.15) is 0 Å². The Hall–Kier alpha value is -1.88. The van der Waals surface area contributed by atoms with Crippen molar-refractivity contribution in [2.45, 2.75) is 6.92 Å². The average molecular weight is 242 g/mol. The van der Waals surface area contributed by atoms with Crippen molar-refractivity contribution in [1.29, 1.82) is 0 Å². The molecule has 6 heteroatoms. The molecule has 0 heterocycles. The molecule has 0 aliphatic carbocycles. The van der Waals surface area contributed by atoms with Crippen molar-refractivity contribution >= 4 is 29.3 Å². The van der Waals surface area contributed by atoms with Gasteiger partial charge in [0, 0.05) is 11.6 Å². The fraction of sp³-hybridized carbons (Fsp3) is 0.100. The predicted molar refractivity (Wildman–Crippen MR) is 59.4 cm³/mol. The SMILES string of the molecule is C/C(=C\c1c(Cl)cccc1[N+](=O)[O-])C(=O)O. The molecule has 5 nitrogen and oxygen atoms in total. The summed E-state index contributed by atoms with van der Waals surface area (Å²) in [6, 6.07) is 4.18. The number of halogens is 1. The van der Waals surface area contributed by atoms with Gasteiger partial charge in [-0.15, -0.1) is 0 Å². The summed E-state index contributed by atoms with van der Waals surface area (Å²) < 4.78 is 0. The Morgan fingerprint density at radius 1 is 1.56 bits per heavy atom. The van der Waals surface area contributed by atoms with Crippen LogP contribution in [0.25, 0.3) is 6.08 Å². The van der Waals surface area contributed by atoms with Crippen LogP contribution in [0.4, 0.5) is 5.69 Å². The first-order valence-electron chi connectivity index (χ1n) is 4.28. The van der Waals surface area contributed by atoms with Crippen molar-refractivity contribution < 1.29 is 14.8 Å². The second kappa shape index (κ2) is 4.76. The van der Waals surface area contributed by atoms with E-state index in [2.05, 4.69) is 0 Å². The topological polar surface area (TPSA) is 80.4 Å². The van der Waals surface area contributed by atoms with Crippen LogP contribution in [-0.4, -0.2) is 16.0 Å². The maximum atomic E-state index is 10.7. The minimum absolute atomic E-state index is 0.0174. The van der Waals surface area contributed by atoms with E-state index in [0.29, 0.717) is 0 Å². The molecule has 0 unspecified atom stereocenters. The van der Waals surface area contributed by atoms with E-state index in [-0.39, 0.29) is 21.8 Å². The van der Waals surface area contributed by atoms with E-state index < -0.39 is 10.9 Å². The average Bonchev–Trinajstić information content (AvgIpc) is 2.20. The summed E-state index contributed by atoms with van der Waals surface area (Å²) >= 11 is 5.78. The van der Waals surface area contributed by atoms with Crippen LogP contribution in [0.2, 0.25) is 5.02 Å². The first-order valence-corrected chi connectivity index (χ1v) is 4.65. The lowest BCUT2D eigenvalue weighted by molar-refractivity contribution is -0.385. The second-order valence-corrected chi connectivity index (χ2v) is 3.47. The van der Waals surface area contributed by atoms with Crippen molar-refractivity contribution in [1.82, 2.24) is 0 Å². The maximum absolute atomic E-state index is 10.7. The molecule has 1 aromatic rings. The van der Waals surface area contributed by atoms with E-state index in [0.717, 1.165) is 0 Å². The van der Waals surface area contributed by atoms with Gasteiger partial charge in [0.05, 0.1) is 15.5 Å². The third kappa shape index (κ3) is 2.58. The van der Waals surface area contributed by atoms with Crippen LogP contribution < -0.4 is 0 Å². The molecule has 0 aliphatic heterocycles. The van der Waals surface area contributed by atoms with Gasteiger partial charge in [0.25, 0.3) is 5.69 Å². The van der Waals surface area contributed by atoms with E-state index >= 15 is 0 Å². The molecular weight excluding hydrogens is 234 g/mol. The summed E-state index contributed by atoms with van der Waals surface area (Å²) in [4.78, 5) is 20.7. The highest BCUT2D eigenvalue weighted by molar-refractivity contribution is 6.32. The molecule has 16 heavy (non-hydrogen) atoms. The lowest BCUT2D eigenvalue weighted by Gasteiger charge is -2.01. The van der Waals surface area contributed by atoms with E-state index in [9.17, 15) is 14.9 Å². The van der Waals surface area contributed by atoms with Crippen molar-refractivity contribution in [3.05, 3.63) is 44.5 Å². The molecule has 1 rings (SSSR count). The molecule has 1 aromatic carbocycles. The van der Waals surface area contributed by atoms with E-state index in [4.69, 9.17) is 16.7 Å². The van der Waals surface area contributed by atoms with Gasteiger partial charge >= 0.3 is 5.97 Å². The van der Waals surface area contributed by atoms with E-state index in [1.54, 1.807) is 0 Å². The van der Waals surface area contributed by atoms with Crippen molar-refractivity contribution in [3.8, 4) is 0 Å². The number of nitrogens with zero attached hydrogens (tertiary/aromatic N) is 1. The summed E-state index contributed by atoms with van der Waals surface area (Å²) in [5.74, 6) is -1.14. The highest BCUT2D eigenvalue weighted by Crippen LogP contribution is 2.28. The van der Waals surface area contributed by atoms with Crippen molar-refractivity contribution in [2.24, 2.45) is 0 Å². The van der Waals surface area contributed by atoms with Crippen LogP contribution in [0.15, 0.2) is 23.8 Å². The number of aliphatic carboxylic acids is 1. The fourth-order valence-corrected chi connectivity index (χ4v) is 1.33. The summed E-state index contributed by atoms with van der Waals surface area (Å²) in [6.07, 6.45) is 1.18. The zero-order valence-electron chi connectivity index (χ0n) is 8.31. The monoisotopic (exact) mass is 241 g/mol. The molecular formula is C10H8ClNO4. The highest BCUT2D eigenvalue weighted by Gasteiger charge is 2.15. The Labute approximate surface area is 96.1 Å². The van der Waals surface area contributed by atoms with Gasteiger partial charge in [0.2, 0.25) is 0 Å². The molecule has 0 amide bonds. The number of rotatable bonds is 3. The Morgan fingerprint density at radius 2 is 2.19 bits per heavy atom. The van der Waals surface area contributed by atoms with Gasteiger partial charge in [0.15, 0.2) is 0 Å². The van der Waals surface area contributed by atoms with Gasteiger partial charge < -0.3 is 5.11 Å². The zero-order chi connectivity index (χ0) is 12.3. The predicted octanol–water partition coefficient (Wildman–Crippen LogP) is 2.74. The number of hydrogen-bond acceptors (Lipinski definition) is 3. The molecule has 0 fully saturated rings. The van der Waals surface area contributed by atoms with Crippen LogP contribution in [0.5, 0.6) is 0 Å². The normalized spacial score (nSPS) is 11.2. The maximum Gasteiger partial charge on any atom is 0.331 e. The molecule has 0 radical (unpaired) electrons.